The lowest BCUT2D eigenvalue weighted by molar-refractivity contribution is 0.252. The minimum atomic E-state index is -2.93. The van der Waals surface area contributed by atoms with E-state index in [4.69, 9.17) is 4.78 Å². The molecule has 10 heteroatoms. The number of amides is 2. The van der Waals surface area contributed by atoms with Crippen LogP contribution in [0.25, 0.3) is 11.1 Å². The number of aryl methyl sites for hydroxylation is 1. The fourth-order valence-electron chi connectivity index (χ4n) is 3.68. The molecular formula is C22H22F2N4O2S2. The van der Waals surface area contributed by atoms with Crippen LogP contribution in [0.1, 0.15) is 18.5 Å². The second-order valence-electron chi connectivity index (χ2n) is 7.68. The maximum Gasteiger partial charge on any atom is 0.330 e. The number of halogens is 2. The molecule has 32 heavy (non-hydrogen) atoms. The summed E-state index contributed by atoms with van der Waals surface area (Å²) >= 11 is 1.11. The molecule has 3 aromatic rings. The second-order valence-corrected chi connectivity index (χ2v) is 11.0. The molecule has 1 aromatic heterocycles. The van der Waals surface area contributed by atoms with Crippen LogP contribution in [0.2, 0.25) is 0 Å². The molecule has 6 nitrogen and oxygen atoms in total. The van der Waals surface area contributed by atoms with Crippen LogP contribution in [0, 0.1) is 23.3 Å². The fraction of sp³-hybridized carbons (Fsp3) is 0.273. The van der Waals surface area contributed by atoms with E-state index < -0.39 is 21.4 Å². The van der Waals surface area contributed by atoms with Crippen LogP contribution >= 0.6 is 11.3 Å². The lowest BCUT2D eigenvalue weighted by Crippen LogP contribution is -2.42. The molecule has 0 bridgehead atoms. The molecule has 0 spiro atoms. The van der Waals surface area contributed by atoms with Gasteiger partial charge in [0.25, 0.3) is 0 Å². The van der Waals surface area contributed by atoms with Crippen LogP contribution in [0.3, 0.4) is 0 Å². The van der Waals surface area contributed by atoms with E-state index >= 15 is 0 Å². The number of aromatic nitrogens is 1. The van der Waals surface area contributed by atoms with Crippen LogP contribution in [-0.2, 0) is 9.73 Å². The van der Waals surface area contributed by atoms with Crippen molar-refractivity contribution in [3.05, 3.63) is 59.8 Å². The van der Waals surface area contributed by atoms with Crippen LogP contribution < -0.4 is 9.80 Å². The number of hydrogen-bond donors (Lipinski definition) is 1. The van der Waals surface area contributed by atoms with Gasteiger partial charge in [-0.05, 0) is 55.7 Å². The smallest absolute Gasteiger partial charge is 0.294 e. The van der Waals surface area contributed by atoms with Crippen molar-refractivity contribution >= 4 is 37.9 Å². The van der Waals surface area contributed by atoms with Crippen molar-refractivity contribution < 1.29 is 17.8 Å². The number of carbonyl (C=O) groups excluding carboxylic acids is 1. The van der Waals surface area contributed by atoms with Crippen molar-refractivity contribution in [1.82, 2.24) is 4.98 Å². The predicted octanol–water partition coefficient (Wildman–Crippen LogP) is 5.66. The van der Waals surface area contributed by atoms with E-state index in [0.29, 0.717) is 39.4 Å². The molecule has 0 saturated carbocycles. The first-order valence-corrected chi connectivity index (χ1v) is 12.8. The topological polar surface area (TPSA) is 77.4 Å². The Kier molecular flexibility index (Phi) is 6.00. The molecule has 1 aliphatic heterocycles. The number of anilines is 2. The van der Waals surface area contributed by atoms with Crippen LogP contribution in [0.15, 0.2) is 46.7 Å². The minimum Gasteiger partial charge on any atom is -0.294 e. The summed E-state index contributed by atoms with van der Waals surface area (Å²) in [6.07, 6.45) is 2.89. The highest BCUT2D eigenvalue weighted by molar-refractivity contribution is 7.93. The highest BCUT2D eigenvalue weighted by atomic mass is 32.2. The summed E-state index contributed by atoms with van der Waals surface area (Å²) in [5.41, 5.74) is 1.80. The van der Waals surface area contributed by atoms with Crippen molar-refractivity contribution in [1.29, 1.82) is 4.78 Å². The van der Waals surface area contributed by atoms with Gasteiger partial charge in [-0.25, -0.2) is 27.5 Å². The van der Waals surface area contributed by atoms with Crippen molar-refractivity contribution in [3.63, 3.8) is 0 Å². The monoisotopic (exact) mass is 476 g/mol. The van der Waals surface area contributed by atoms with Gasteiger partial charge >= 0.3 is 6.03 Å². The number of rotatable bonds is 4. The SMILES string of the molecule is Cc1nc(N2CCCCN(c3ccc(-c4cc(F)ccc4F)cc3)C2=O)sc1[S@@](C)(=N)=O. The molecule has 2 heterocycles. The Morgan fingerprint density at radius 2 is 1.72 bits per heavy atom. The van der Waals surface area contributed by atoms with Gasteiger partial charge in [-0.1, -0.05) is 23.5 Å². The molecule has 0 aliphatic carbocycles. The van der Waals surface area contributed by atoms with E-state index in [1.54, 1.807) is 41.0 Å². The Balaban J connectivity index is 1.64. The molecule has 1 aliphatic rings. The molecule has 0 radical (unpaired) electrons. The Bertz CT molecular complexity index is 1270. The highest BCUT2D eigenvalue weighted by Crippen LogP contribution is 2.33. The van der Waals surface area contributed by atoms with E-state index in [-0.39, 0.29) is 11.6 Å². The van der Waals surface area contributed by atoms with Crippen molar-refractivity contribution in [2.24, 2.45) is 0 Å². The first-order valence-electron chi connectivity index (χ1n) is 10.0. The molecular weight excluding hydrogens is 454 g/mol. The standard InChI is InChI=1S/C22H22F2N4O2S2/c1-14-20(32(2,25)30)31-21(26-14)28-12-4-3-11-27(22(28)29)17-8-5-15(6-9-17)18-13-16(23)7-10-19(18)24/h5-10,13,25H,3-4,11-12H2,1-2H3/t32-/m0/s1. The van der Waals surface area contributed by atoms with Gasteiger partial charge in [-0.3, -0.25) is 9.80 Å². The Morgan fingerprint density at radius 1 is 1.06 bits per heavy atom. The van der Waals surface area contributed by atoms with E-state index in [0.717, 1.165) is 42.4 Å². The van der Waals surface area contributed by atoms with Crippen LogP contribution in [0.5, 0.6) is 0 Å². The zero-order valence-corrected chi connectivity index (χ0v) is 19.2. The maximum atomic E-state index is 14.1. The van der Waals surface area contributed by atoms with Gasteiger partial charge in [0.05, 0.1) is 15.4 Å². The van der Waals surface area contributed by atoms with Gasteiger partial charge in [0, 0.05) is 30.6 Å². The van der Waals surface area contributed by atoms with Crippen molar-refractivity contribution in [2.75, 3.05) is 29.1 Å². The first-order chi connectivity index (χ1) is 15.1. The minimum absolute atomic E-state index is 0.157. The fourth-order valence-corrected chi connectivity index (χ4v) is 5.97. The van der Waals surface area contributed by atoms with Gasteiger partial charge in [0.15, 0.2) is 5.13 Å². The number of urea groups is 1. The van der Waals surface area contributed by atoms with Gasteiger partial charge < -0.3 is 0 Å². The van der Waals surface area contributed by atoms with Gasteiger partial charge in [0.1, 0.15) is 15.8 Å². The predicted molar refractivity (Wildman–Crippen MR) is 123 cm³/mol. The largest absolute Gasteiger partial charge is 0.330 e. The molecule has 1 fully saturated rings. The van der Waals surface area contributed by atoms with Gasteiger partial charge in [-0.2, -0.15) is 0 Å². The summed E-state index contributed by atoms with van der Waals surface area (Å²) in [7, 11) is -2.93. The molecule has 2 aromatic carbocycles. The maximum absolute atomic E-state index is 14.1. The van der Waals surface area contributed by atoms with Crippen molar-refractivity contribution in [2.45, 2.75) is 24.0 Å². The average molecular weight is 477 g/mol. The highest BCUT2D eigenvalue weighted by Gasteiger charge is 2.29. The molecule has 1 saturated heterocycles. The second kappa shape index (κ2) is 8.59. The Labute approximate surface area is 189 Å². The van der Waals surface area contributed by atoms with E-state index in [1.165, 1.54) is 6.26 Å². The number of nitrogens with one attached hydrogen (secondary N) is 1. The third kappa shape index (κ3) is 4.37. The normalized spacial score (nSPS) is 16.7. The average Bonchev–Trinajstić information content (AvgIpc) is 3.03. The molecule has 168 valence electrons. The lowest BCUT2D eigenvalue weighted by atomic mass is 10.0. The number of benzene rings is 2. The number of thiazole rings is 1. The van der Waals surface area contributed by atoms with E-state index in [2.05, 4.69) is 4.98 Å². The zero-order valence-electron chi connectivity index (χ0n) is 17.6. The Morgan fingerprint density at radius 3 is 2.34 bits per heavy atom. The van der Waals surface area contributed by atoms with E-state index in [1.807, 2.05) is 0 Å². The summed E-state index contributed by atoms with van der Waals surface area (Å²) < 4.78 is 48.1. The molecule has 1 N–H and O–H groups in total. The third-order valence-corrected chi connectivity index (χ3v) is 8.40. The van der Waals surface area contributed by atoms with Gasteiger partial charge in [-0.15, -0.1) is 0 Å². The third-order valence-electron chi connectivity index (χ3n) is 5.22. The number of nitrogens with zero attached hydrogens (tertiary/aromatic N) is 3. The lowest BCUT2D eigenvalue weighted by Gasteiger charge is -2.26. The summed E-state index contributed by atoms with van der Waals surface area (Å²) in [6, 6.07) is 9.78. The molecule has 4 rings (SSSR count). The van der Waals surface area contributed by atoms with Crippen molar-refractivity contribution in [3.8, 4) is 11.1 Å². The Hall–Kier alpha value is -2.85. The summed E-state index contributed by atoms with van der Waals surface area (Å²) in [4.78, 5) is 21.0. The zero-order chi connectivity index (χ0) is 23.0. The molecule has 0 unspecified atom stereocenters. The summed E-state index contributed by atoms with van der Waals surface area (Å²) in [5, 5.41) is 0.426. The summed E-state index contributed by atoms with van der Waals surface area (Å²) in [6.45, 7) is 2.66. The molecule has 1 atom stereocenters. The van der Waals surface area contributed by atoms with Gasteiger partial charge in [0.2, 0.25) is 0 Å². The van der Waals surface area contributed by atoms with Crippen LogP contribution in [-0.4, -0.2) is 34.6 Å². The first kappa shape index (κ1) is 22.3. The molecule has 2 amide bonds. The number of hydrogen-bond acceptors (Lipinski definition) is 5. The van der Waals surface area contributed by atoms with Crippen LogP contribution in [0.4, 0.5) is 24.4 Å². The summed E-state index contributed by atoms with van der Waals surface area (Å²) in [5.74, 6) is -1.04. The number of carbonyl (C=O) groups is 1. The van der Waals surface area contributed by atoms with E-state index in [9.17, 15) is 17.8 Å². The quantitative estimate of drug-likeness (QED) is 0.528.